The molecule has 1 fully saturated rings. The second-order valence-corrected chi connectivity index (χ2v) is 8.46. The first kappa shape index (κ1) is 21.7. The number of benzene rings is 2. The Morgan fingerprint density at radius 2 is 1.62 bits per heavy atom. The monoisotopic (exact) mass is 459 g/mol. The summed E-state index contributed by atoms with van der Waals surface area (Å²) in [6.07, 6.45) is -0.680. The van der Waals surface area contributed by atoms with Crippen molar-refractivity contribution in [3.05, 3.63) is 77.6 Å². The predicted octanol–water partition coefficient (Wildman–Crippen LogP) is 2.76. The third kappa shape index (κ3) is 3.40. The van der Waals surface area contributed by atoms with Crippen LogP contribution in [0.3, 0.4) is 0 Å². The summed E-state index contributed by atoms with van der Waals surface area (Å²) < 4.78 is 5.31. The zero-order valence-electron chi connectivity index (χ0n) is 19.2. The maximum absolute atomic E-state index is 13.5. The minimum absolute atomic E-state index is 0.0737. The van der Waals surface area contributed by atoms with Crippen LogP contribution in [0, 0.1) is 0 Å². The second kappa shape index (κ2) is 8.33. The molecule has 0 bridgehead atoms. The Hall–Kier alpha value is -4.14. The van der Waals surface area contributed by atoms with Gasteiger partial charge in [0, 0.05) is 24.1 Å². The first-order valence-corrected chi connectivity index (χ1v) is 11.1. The van der Waals surface area contributed by atoms with Crippen LogP contribution >= 0.6 is 0 Å². The summed E-state index contributed by atoms with van der Waals surface area (Å²) in [5.74, 6) is -0.518. The highest BCUT2D eigenvalue weighted by Crippen LogP contribution is 2.39. The molecular formula is C25H25N5O4. The summed E-state index contributed by atoms with van der Waals surface area (Å²) in [4.78, 5) is 50.0. The highest BCUT2D eigenvalue weighted by atomic mass is 16.5. The number of likely N-dealkylation sites (N-methyl/N-ethyl adjacent to an activating group) is 1. The number of ether oxygens (including phenoxy) is 1. The molecule has 0 N–H and O–H groups in total. The number of para-hydroxylation sites is 1. The molecule has 2 unspecified atom stereocenters. The summed E-state index contributed by atoms with van der Waals surface area (Å²) in [6.45, 7) is 3.52. The average molecular weight is 460 g/mol. The summed E-state index contributed by atoms with van der Waals surface area (Å²) in [5, 5.41) is 0. The van der Waals surface area contributed by atoms with E-state index >= 15 is 0 Å². The lowest BCUT2D eigenvalue weighted by Crippen LogP contribution is -2.65. The number of urea groups is 1. The van der Waals surface area contributed by atoms with E-state index in [-0.39, 0.29) is 6.61 Å². The molecule has 1 saturated heterocycles. The van der Waals surface area contributed by atoms with Gasteiger partial charge in [0.1, 0.15) is 13.2 Å². The second-order valence-electron chi connectivity index (χ2n) is 8.46. The largest absolute Gasteiger partial charge is 0.459 e. The SMILES string of the molecule is CC1=C(C)N2C(=NC3C2C(=O)N(CC(=O)OCc2ccccc2)C(=O)N3C)N1c1ccccc1. The Kier molecular flexibility index (Phi) is 5.31. The van der Waals surface area contributed by atoms with Crippen LogP contribution in [-0.2, 0) is 20.9 Å². The molecule has 3 amide bonds. The molecular weight excluding hydrogens is 434 g/mol. The molecule has 3 heterocycles. The number of guanidine groups is 1. The third-order valence-electron chi connectivity index (χ3n) is 6.44. The molecule has 3 aliphatic heterocycles. The first-order chi connectivity index (χ1) is 16.4. The number of rotatable bonds is 5. The number of carbonyl (C=O) groups is 3. The van der Waals surface area contributed by atoms with E-state index in [1.54, 1.807) is 7.05 Å². The fraction of sp³-hybridized carbons (Fsp3) is 0.280. The lowest BCUT2D eigenvalue weighted by atomic mass is 10.1. The number of hydrogen-bond acceptors (Lipinski definition) is 7. The van der Waals surface area contributed by atoms with E-state index in [0.717, 1.165) is 27.5 Å². The van der Waals surface area contributed by atoms with Crippen molar-refractivity contribution in [1.29, 1.82) is 0 Å². The van der Waals surface area contributed by atoms with Gasteiger partial charge in [-0.05, 0) is 31.5 Å². The third-order valence-corrected chi connectivity index (χ3v) is 6.44. The maximum Gasteiger partial charge on any atom is 0.328 e. The van der Waals surface area contributed by atoms with E-state index < -0.39 is 36.7 Å². The Balaban J connectivity index is 1.37. The molecule has 0 aromatic heterocycles. The molecule has 2 aromatic carbocycles. The van der Waals surface area contributed by atoms with Crippen LogP contribution in [-0.4, -0.2) is 64.4 Å². The lowest BCUT2D eigenvalue weighted by Gasteiger charge is -2.40. The summed E-state index contributed by atoms with van der Waals surface area (Å²) in [6, 6.07) is 17.7. The van der Waals surface area contributed by atoms with Gasteiger partial charge < -0.3 is 9.64 Å². The minimum atomic E-state index is -0.747. The van der Waals surface area contributed by atoms with Crippen molar-refractivity contribution >= 4 is 29.6 Å². The van der Waals surface area contributed by atoms with Crippen LogP contribution in [0.25, 0.3) is 0 Å². The molecule has 9 nitrogen and oxygen atoms in total. The number of imide groups is 1. The number of anilines is 1. The standard InChI is InChI=1S/C25H25N5O4/c1-16-17(2)30-21-22(26-24(30)29(16)19-12-8-5-9-13-19)27(3)25(33)28(23(21)32)14-20(31)34-15-18-10-6-4-7-11-18/h4-13,21-22H,14-15H2,1-3H3. The van der Waals surface area contributed by atoms with Crippen molar-refractivity contribution in [3.8, 4) is 0 Å². The molecule has 174 valence electrons. The fourth-order valence-electron chi connectivity index (χ4n) is 4.56. The number of amides is 3. The van der Waals surface area contributed by atoms with E-state index in [9.17, 15) is 14.4 Å². The zero-order valence-corrected chi connectivity index (χ0v) is 19.2. The van der Waals surface area contributed by atoms with Gasteiger partial charge in [0.25, 0.3) is 5.91 Å². The van der Waals surface area contributed by atoms with E-state index in [0.29, 0.717) is 5.96 Å². The number of nitrogens with zero attached hydrogens (tertiary/aromatic N) is 5. The number of carbonyl (C=O) groups excluding carboxylic acids is 3. The van der Waals surface area contributed by atoms with Crippen LogP contribution < -0.4 is 4.90 Å². The van der Waals surface area contributed by atoms with Crippen LogP contribution in [0.1, 0.15) is 19.4 Å². The highest BCUT2D eigenvalue weighted by Gasteiger charge is 2.56. The predicted molar refractivity (Wildman–Crippen MR) is 125 cm³/mol. The fourth-order valence-corrected chi connectivity index (χ4v) is 4.56. The quantitative estimate of drug-likeness (QED) is 0.640. The molecule has 3 aliphatic rings. The Bertz CT molecular complexity index is 1210. The smallest absolute Gasteiger partial charge is 0.328 e. The molecule has 0 aliphatic carbocycles. The van der Waals surface area contributed by atoms with Crippen molar-refractivity contribution < 1.29 is 19.1 Å². The summed E-state index contributed by atoms with van der Waals surface area (Å²) in [5.41, 5.74) is 3.57. The van der Waals surface area contributed by atoms with Gasteiger partial charge in [0.15, 0.2) is 12.2 Å². The molecule has 2 atom stereocenters. The number of hydrogen-bond donors (Lipinski definition) is 0. The van der Waals surface area contributed by atoms with Gasteiger partial charge in [-0.2, -0.15) is 0 Å². The number of esters is 1. The van der Waals surface area contributed by atoms with E-state index in [1.807, 2.05) is 84.3 Å². The van der Waals surface area contributed by atoms with Crippen molar-refractivity contribution in [1.82, 2.24) is 14.7 Å². The lowest BCUT2D eigenvalue weighted by molar-refractivity contribution is -0.151. The van der Waals surface area contributed by atoms with E-state index in [4.69, 9.17) is 9.73 Å². The number of aliphatic imine (C=N–C) groups is 1. The zero-order chi connectivity index (χ0) is 24.0. The van der Waals surface area contributed by atoms with Gasteiger partial charge in [-0.15, -0.1) is 0 Å². The molecule has 9 heteroatoms. The molecule has 0 saturated carbocycles. The van der Waals surface area contributed by atoms with Crippen molar-refractivity contribution in [3.63, 3.8) is 0 Å². The summed E-state index contributed by atoms with van der Waals surface area (Å²) >= 11 is 0. The van der Waals surface area contributed by atoms with Crippen LogP contribution in [0.4, 0.5) is 10.5 Å². The van der Waals surface area contributed by atoms with Gasteiger partial charge in [-0.1, -0.05) is 48.5 Å². The van der Waals surface area contributed by atoms with Crippen molar-refractivity contribution in [2.45, 2.75) is 32.7 Å². The van der Waals surface area contributed by atoms with Gasteiger partial charge in [-0.25, -0.2) is 9.79 Å². The molecule has 34 heavy (non-hydrogen) atoms. The van der Waals surface area contributed by atoms with E-state index in [1.165, 1.54) is 4.90 Å². The Labute approximate surface area is 197 Å². The van der Waals surface area contributed by atoms with Crippen LogP contribution in [0.5, 0.6) is 0 Å². The average Bonchev–Trinajstić information content (AvgIpc) is 3.35. The molecule has 0 radical (unpaired) electrons. The van der Waals surface area contributed by atoms with Crippen LogP contribution in [0.15, 0.2) is 77.1 Å². The normalized spacial score (nSPS) is 21.7. The molecule has 5 rings (SSSR count). The number of fused-ring (bicyclic) bond motifs is 3. The van der Waals surface area contributed by atoms with Gasteiger partial charge in [0.05, 0.1) is 0 Å². The Morgan fingerprint density at radius 3 is 2.29 bits per heavy atom. The van der Waals surface area contributed by atoms with Gasteiger partial charge in [0.2, 0.25) is 5.96 Å². The van der Waals surface area contributed by atoms with E-state index in [2.05, 4.69) is 0 Å². The van der Waals surface area contributed by atoms with Crippen molar-refractivity contribution in [2.75, 3.05) is 18.5 Å². The topological polar surface area (TPSA) is 85.8 Å². The summed E-state index contributed by atoms with van der Waals surface area (Å²) in [7, 11) is 1.60. The molecule has 0 spiro atoms. The first-order valence-electron chi connectivity index (χ1n) is 11.1. The van der Waals surface area contributed by atoms with Crippen molar-refractivity contribution in [2.24, 2.45) is 4.99 Å². The minimum Gasteiger partial charge on any atom is -0.459 e. The van der Waals surface area contributed by atoms with Gasteiger partial charge >= 0.3 is 12.0 Å². The van der Waals surface area contributed by atoms with Crippen LogP contribution in [0.2, 0.25) is 0 Å². The van der Waals surface area contributed by atoms with Gasteiger partial charge in [-0.3, -0.25) is 24.3 Å². The maximum atomic E-state index is 13.5. The number of allylic oxidation sites excluding steroid dienone is 2. The Morgan fingerprint density at radius 1 is 0.971 bits per heavy atom. The highest BCUT2D eigenvalue weighted by molar-refractivity contribution is 6.11. The molecule has 2 aromatic rings.